The zero-order chi connectivity index (χ0) is 13.1. The Morgan fingerprint density at radius 2 is 1.72 bits per heavy atom. The monoisotopic (exact) mass is 260 g/mol. The van der Waals surface area contributed by atoms with Gasteiger partial charge in [0.25, 0.3) is 0 Å². The Morgan fingerprint density at radius 1 is 1.06 bits per heavy atom. The van der Waals surface area contributed by atoms with E-state index in [0.29, 0.717) is 0 Å². The first-order chi connectivity index (χ1) is 8.88. The van der Waals surface area contributed by atoms with Crippen LogP contribution >= 0.6 is 11.8 Å². The van der Waals surface area contributed by atoms with Crippen LogP contribution < -0.4 is 0 Å². The number of terminal acetylenes is 1. The van der Waals surface area contributed by atoms with E-state index < -0.39 is 0 Å². The van der Waals surface area contributed by atoms with Crippen LogP contribution in [0.25, 0.3) is 0 Å². The first-order valence-electron chi connectivity index (χ1n) is 7.01. The number of benzene rings is 1. The predicted octanol–water partition coefficient (Wildman–Crippen LogP) is 5.45. The lowest BCUT2D eigenvalue weighted by molar-refractivity contribution is 0.627. The molecule has 98 valence electrons. The van der Waals surface area contributed by atoms with E-state index in [9.17, 15) is 0 Å². The van der Waals surface area contributed by atoms with Crippen LogP contribution in [-0.4, -0.2) is 5.75 Å². The highest BCUT2D eigenvalue weighted by Gasteiger charge is 2.07. The maximum atomic E-state index is 5.61. The van der Waals surface area contributed by atoms with Crippen LogP contribution in [0.1, 0.15) is 56.3 Å². The SMILES string of the molecule is C#CC(SCCCCCCCC)c1ccccc1. The van der Waals surface area contributed by atoms with Gasteiger partial charge in [-0.15, -0.1) is 18.2 Å². The van der Waals surface area contributed by atoms with Crippen LogP contribution in [-0.2, 0) is 0 Å². The molecule has 0 aliphatic rings. The zero-order valence-corrected chi connectivity index (χ0v) is 12.2. The standard InChI is InChI=1S/C17H24S/c1-3-5-6-7-8-12-15-18-17(4-2)16-13-10-9-11-14-16/h2,9-11,13-14,17H,3,5-8,12,15H2,1H3. The summed E-state index contributed by atoms with van der Waals surface area (Å²) in [5.74, 6) is 4.07. The molecule has 1 rings (SSSR count). The van der Waals surface area contributed by atoms with Crippen LogP contribution in [0.15, 0.2) is 30.3 Å². The molecule has 0 amide bonds. The molecule has 0 radical (unpaired) electrons. The summed E-state index contributed by atoms with van der Waals surface area (Å²) in [6, 6.07) is 10.4. The summed E-state index contributed by atoms with van der Waals surface area (Å²) in [5, 5.41) is 0.224. The Kier molecular flexibility index (Phi) is 8.51. The van der Waals surface area contributed by atoms with Crippen molar-refractivity contribution in [2.45, 2.75) is 50.7 Å². The van der Waals surface area contributed by atoms with Gasteiger partial charge in [0.1, 0.15) is 0 Å². The lowest BCUT2D eigenvalue weighted by Gasteiger charge is -2.10. The maximum Gasteiger partial charge on any atom is 0.0903 e. The van der Waals surface area contributed by atoms with E-state index in [1.165, 1.54) is 49.8 Å². The number of thioether (sulfide) groups is 1. The molecule has 0 saturated heterocycles. The van der Waals surface area contributed by atoms with Gasteiger partial charge in [0.15, 0.2) is 0 Å². The highest BCUT2D eigenvalue weighted by atomic mass is 32.2. The second-order valence-corrected chi connectivity index (χ2v) is 5.81. The highest BCUT2D eigenvalue weighted by Crippen LogP contribution is 2.28. The quantitative estimate of drug-likeness (QED) is 0.420. The normalized spacial score (nSPS) is 12.0. The third-order valence-corrected chi connectivity index (χ3v) is 4.30. The van der Waals surface area contributed by atoms with Gasteiger partial charge < -0.3 is 0 Å². The second-order valence-electron chi connectivity index (χ2n) is 4.60. The van der Waals surface area contributed by atoms with Gasteiger partial charge in [-0.1, -0.05) is 75.3 Å². The van der Waals surface area contributed by atoms with Crippen molar-refractivity contribution in [2.24, 2.45) is 0 Å². The van der Waals surface area contributed by atoms with Crippen molar-refractivity contribution < 1.29 is 0 Å². The van der Waals surface area contributed by atoms with Crippen molar-refractivity contribution in [3.8, 4) is 12.3 Å². The largest absolute Gasteiger partial charge is 0.141 e. The van der Waals surface area contributed by atoms with Crippen molar-refractivity contribution >= 4 is 11.8 Å². The third-order valence-electron chi connectivity index (χ3n) is 3.04. The van der Waals surface area contributed by atoms with Gasteiger partial charge in [0.2, 0.25) is 0 Å². The van der Waals surface area contributed by atoms with E-state index in [1.807, 2.05) is 17.8 Å². The average molecular weight is 260 g/mol. The molecule has 0 aliphatic carbocycles. The molecule has 0 heterocycles. The van der Waals surface area contributed by atoms with Crippen LogP contribution in [0, 0.1) is 12.3 Å². The summed E-state index contributed by atoms with van der Waals surface area (Å²) >= 11 is 1.90. The Labute approximate surface area is 117 Å². The van der Waals surface area contributed by atoms with Gasteiger partial charge in [-0.05, 0) is 17.7 Å². The fourth-order valence-electron chi connectivity index (χ4n) is 1.95. The number of unbranched alkanes of at least 4 members (excludes halogenated alkanes) is 5. The number of hydrogen-bond acceptors (Lipinski definition) is 1. The molecule has 0 fully saturated rings. The van der Waals surface area contributed by atoms with Crippen LogP contribution in [0.4, 0.5) is 0 Å². The van der Waals surface area contributed by atoms with Crippen molar-refractivity contribution in [3.05, 3.63) is 35.9 Å². The Hall–Kier alpha value is -0.870. The van der Waals surface area contributed by atoms with Crippen molar-refractivity contribution in [1.29, 1.82) is 0 Å². The molecule has 1 atom stereocenters. The van der Waals surface area contributed by atoms with Gasteiger partial charge in [-0.25, -0.2) is 0 Å². The maximum absolute atomic E-state index is 5.61. The van der Waals surface area contributed by atoms with Gasteiger partial charge >= 0.3 is 0 Å². The first-order valence-corrected chi connectivity index (χ1v) is 8.06. The van der Waals surface area contributed by atoms with Gasteiger partial charge in [-0.2, -0.15) is 0 Å². The lowest BCUT2D eigenvalue weighted by atomic mass is 10.1. The fraction of sp³-hybridized carbons (Fsp3) is 0.529. The van der Waals surface area contributed by atoms with E-state index in [1.54, 1.807) is 0 Å². The smallest absolute Gasteiger partial charge is 0.0903 e. The summed E-state index contributed by atoms with van der Waals surface area (Å²) in [7, 11) is 0. The van der Waals surface area contributed by atoms with Crippen LogP contribution in [0.2, 0.25) is 0 Å². The zero-order valence-electron chi connectivity index (χ0n) is 11.4. The molecular weight excluding hydrogens is 236 g/mol. The van der Waals surface area contributed by atoms with Gasteiger partial charge in [-0.3, -0.25) is 0 Å². The molecule has 18 heavy (non-hydrogen) atoms. The van der Waals surface area contributed by atoms with Crippen LogP contribution in [0.5, 0.6) is 0 Å². The minimum Gasteiger partial charge on any atom is -0.141 e. The second kappa shape index (κ2) is 10.1. The van der Waals surface area contributed by atoms with Crippen molar-refractivity contribution in [2.75, 3.05) is 5.75 Å². The average Bonchev–Trinajstić information content (AvgIpc) is 2.43. The molecule has 0 bridgehead atoms. The van der Waals surface area contributed by atoms with Crippen molar-refractivity contribution in [3.63, 3.8) is 0 Å². The fourth-order valence-corrected chi connectivity index (χ4v) is 3.00. The summed E-state index contributed by atoms with van der Waals surface area (Å²) in [6.45, 7) is 2.26. The minimum atomic E-state index is 0.224. The molecule has 1 aromatic carbocycles. The molecule has 0 spiro atoms. The molecule has 1 unspecified atom stereocenters. The summed E-state index contributed by atoms with van der Waals surface area (Å²) in [6.07, 6.45) is 13.7. The summed E-state index contributed by atoms with van der Waals surface area (Å²) in [4.78, 5) is 0. The van der Waals surface area contributed by atoms with Crippen LogP contribution in [0.3, 0.4) is 0 Å². The Balaban J connectivity index is 2.16. The molecular formula is C17H24S. The van der Waals surface area contributed by atoms with Gasteiger partial charge in [0.05, 0.1) is 5.25 Å². The molecule has 0 aromatic heterocycles. The third kappa shape index (κ3) is 6.17. The topological polar surface area (TPSA) is 0 Å². The van der Waals surface area contributed by atoms with Gasteiger partial charge in [0, 0.05) is 0 Å². The molecule has 0 saturated carbocycles. The predicted molar refractivity (Wildman–Crippen MR) is 83.9 cm³/mol. The molecule has 1 heteroatoms. The minimum absolute atomic E-state index is 0.224. The molecule has 0 nitrogen and oxygen atoms in total. The summed E-state index contributed by atoms with van der Waals surface area (Å²) in [5.41, 5.74) is 1.26. The number of hydrogen-bond donors (Lipinski definition) is 0. The summed E-state index contributed by atoms with van der Waals surface area (Å²) < 4.78 is 0. The van der Waals surface area contributed by atoms with E-state index in [2.05, 4.69) is 37.1 Å². The Bertz CT molecular complexity index is 336. The Morgan fingerprint density at radius 3 is 2.39 bits per heavy atom. The van der Waals surface area contributed by atoms with E-state index in [-0.39, 0.29) is 5.25 Å². The molecule has 0 aliphatic heterocycles. The highest BCUT2D eigenvalue weighted by molar-refractivity contribution is 7.99. The van der Waals surface area contributed by atoms with E-state index >= 15 is 0 Å². The lowest BCUT2D eigenvalue weighted by Crippen LogP contribution is -1.92. The van der Waals surface area contributed by atoms with Crippen molar-refractivity contribution in [1.82, 2.24) is 0 Å². The van der Waals surface area contributed by atoms with E-state index in [0.717, 1.165) is 0 Å². The van der Waals surface area contributed by atoms with E-state index in [4.69, 9.17) is 6.42 Å². The first kappa shape index (κ1) is 15.2. The molecule has 0 N–H and O–H groups in total. The number of rotatable bonds is 9. The molecule has 1 aromatic rings.